The van der Waals surface area contributed by atoms with Gasteiger partial charge >= 0.3 is 6.09 Å². The molecular formula is C34H35N5O3. The van der Waals surface area contributed by atoms with Crippen LogP contribution in [-0.4, -0.2) is 39.0 Å². The molecule has 2 amide bonds. The van der Waals surface area contributed by atoms with Crippen LogP contribution in [0.25, 0.3) is 21.7 Å². The molecule has 1 fully saturated rings. The van der Waals surface area contributed by atoms with Gasteiger partial charge in [0, 0.05) is 65.0 Å². The zero-order valence-electron chi connectivity index (χ0n) is 23.7. The quantitative estimate of drug-likeness (QED) is 0.208. The van der Waals surface area contributed by atoms with Gasteiger partial charge in [0.15, 0.2) is 0 Å². The molecule has 8 heteroatoms. The average Bonchev–Trinajstić information content (AvgIpc) is 3.42. The van der Waals surface area contributed by atoms with E-state index in [1.807, 2.05) is 73.1 Å². The van der Waals surface area contributed by atoms with Crippen molar-refractivity contribution in [1.82, 2.24) is 25.6 Å². The summed E-state index contributed by atoms with van der Waals surface area (Å²) in [6, 6.07) is 23.3. The summed E-state index contributed by atoms with van der Waals surface area (Å²) >= 11 is 0. The Bertz CT molecular complexity index is 1710. The van der Waals surface area contributed by atoms with E-state index in [0.29, 0.717) is 6.54 Å². The number of H-pyrrole nitrogens is 1. The summed E-state index contributed by atoms with van der Waals surface area (Å²) < 4.78 is 5.60. The van der Waals surface area contributed by atoms with Crippen LogP contribution < -0.4 is 15.4 Å². The molecule has 3 heterocycles. The number of carbonyl (C=O) groups is 2. The van der Waals surface area contributed by atoms with Crippen molar-refractivity contribution in [3.8, 4) is 5.88 Å². The summed E-state index contributed by atoms with van der Waals surface area (Å²) in [5.41, 5.74) is 1.34. The second-order valence-electron chi connectivity index (χ2n) is 11.5. The molecule has 0 saturated heterocycles. The third-order valence-electron chi connectivity index (χ3n) is 8.51. The summed E-state index contributed by atoms with van der Waals surface area (Å²) in [6.07, 6.45) is 10.1. The Hall–Kier alpha value is -4.72. The monoisotopic (exact) mass is 561 g/mol. The van der Waals surface area contributed by atoms with Crippen LogP contribution in [0.3, 0.4) is 0 Å². The van der Waals surface area contributed by atoms with E-state index >= 15 is 0 Å². The van der Waals surface area contributed by atoms with Crippen LogP contribution in [0.1, 0.15) is 50.3 Å². The number of pyridine rings is 2. The minimum Gasteiger partial charge on any atom is -0.391 e. The third kappa shape index (κ3) is 5.70. The normalized spacial score (nSPS) is 16.0. The van der Waals surface area contributed by atoms with Crippen molar-refractivity contribution in [2.45, 2.75) is 56.4 Å². The highest BCUT2D eigenvalue weighted by molar-refractivity contribution is 5.92. The molecule has 0 bridgehead atoms. The lowest BCUT2D eigenvalue weighted by Gasteiger charge is -2.38. The van der Waals surface area contributed by atoms with E-state index in [1.165, 1.54) is 6.42 Å². The maximum absolute atomic E-state index is 14.1. The van der Waals surface area contributed by atoms with Gasteiger partial charge in [-0.2, -0.15) is 0 Å². The Balaban J connectivity index is 1.25. The Morgan fingerprint density at radius 2 is 1.71 bits per heavy atom. The Morgan fingerprint density at radius 1 is 0.952 bits per heavy atom. The number of carbonyl (C=O) groups excluding carboxylic acids is 2. The number of fused-ring (bicyclic) bond motifs is 2. The van der Waals surface area contributed by atoms with Crippen LogP contribution >= 0.6 is 0 Å². The number of hydrogen-bond donors (Lipinski definition) is 3. The Labute approximate surface area is 244 Å². The second kappa shape index (κ2) is 11.6. The predicted molar refractivity (Wildman–Crippen MR) is 163 cm³/mol. The van der Waals surface area contributed by atoms with Crippen LogP contribution in [0.4, 0.5) is 4.79 Å². The SMILES string of the molecule is C[C@@](Cc1c[nH]c2ccccc12)(NC(=O)Oc1cc2ccccc2cn1)C(=O)NCC1(c2ccccn2)CCCCC1. The fourth-order valence-electron chi connectivity index (χ4n) is 6.18. The van der Waals surface area contributed by atoms with Gasteiger partial charge in [0.25, 0.3) is 0 Å². The number of para-hydroxylation sites is 1. The van der Waals surface area contributed by atoms with E-state index < -0.39 is 11.6 Å². The van der Waals surface area contributed by atoms with Crippen molar-refractivity contribution >= 4 is 33.7 Å². The summed E-state index contributed by atoms with van der Waals surface area (Å²) in [5, 5.41) is 8.95. The first-order valence-electron chi connectivity index (χ1n) is 14.5. The number of nitrogens with one attached hydrogen (secondary N) is 3. The minimum absolute atomic E-state index is 0.164. The maximum atomic E-state index is 14.1. The van der Waals surface area contributed by atoms with Gasteiger partial charge in [0.1, 0.15) is 5.54 Å². The molecule has 3 N–H and O–H groups in total. The maximum Gasteiger partial charge on any atom is 0.414 e. The van der Waals surface area contributed by atoms with Crippen molar-refractivity contribution in [1.29, 1.82) is 0 Å². The molecule has 3 aromatic heterocycles. The Morgan fingerprint density at radius 3 is 2.52 bits per heavy atom. The molecule has 0 aliphatic heterocycles. The number of aromatic nitrogens is 3. The standard InChI is InChI=1S/C34H35N5O3/c1-33(20-26-22-36-28-14-6-5-13-27(26)28,39-32(41)42-30-19-24-11-3-4-12-25(24)21-37-30)31(40)38-23-34(16-8-2-9-17-34)29-15-7-10-18-35-29/h3-7,10-15,18-19,21-22,36H,2,8-9,16-17,20,23H2,1H3,(H,38,40)(H,39,41)/t33-/m0/s1. The molecule has 1 aliphatic rings. The predicted octanol–water partition coefficient (Wildman–Crippen LogP) is 6.22. The molecule has 0 spiro atoms. The molecule has 1 aliphatic carbocycles. The van der Waals surface area contributed by atoms with Crippen molar-refractivity contribution < 1.29 is 14.3 Å². The molecule has 0 unspecified atom stereocenters. The number of nitrogens with zero attached hydrogens (tertiary/aromatic N) is 2. The van der Waals surface area contributed by atoms with Gasteiger partial charge in [-0.3, -0.25) is 9.78 Å². The van der Waals surface area contributed by atoms with Gasteiger partial charge in [-0.15, -0.1) is 0 Å². The van der Waals surface area contributed by atoms with Crippen molar-refractivity contribution in [3.63, 3.8) is 0 Å². The smallest absolute Gasteiger partial charge is 0.391 e. The van der Waals surface area contributed by atoms with Gasteiger partial charge in [-0.25, -0.2) is 9.78 Å². The fraction of sp³-hybridized carbons (Fsp3) is 0.294. The highest BCUT2D eigenvalue weighted by Gasteiger charge is 2.40. The van der Waals surface area contributed by atoms with E-state index in [9.17, 15) is 9.59 Å². The number of hydrogen-bond acceptors (Lipinski definition) is 5. The van der Waals surface area contributed by atoms with E-state index in [0.717, 1.165) is 58.6 Å². The van der Waals surface area contributed by atoms with Crippen molar-refractivity contribution in [2.24, 2.45) is 0 Å². The largest absolute Gasteiger partial charge is 0.414 e. The Kier molecular flexibility index (Phi) is 7.61. The molecule has 1 atom stereocenters. The van der Waals surface area contributed by atoms with Crippen LogP contribution in [0.5, 0.6) is 5.88 Å². The first kappa shape index (κ1) is 27.4. The molecule has 1 saturated carbocycles. The van der Waals surface area contributed by atoms with Crippen LogP contribution in [0.2, 0.25) is 0 Å². The topological polar surface area (TPSA) is 109 Å². The van der Waals surface area contributed by atoms with E-state index in [-0.39, 0.29) is 23.6 Å². The van der Waals surface area contributed by atoms with Crippen LogP contribution in [-0.2, 0) is 16.6 Å². The molecule has 42 heavy (non-hydrogen) atoms. The lowest BCUT2D eigenvalue weighted by atomic mass is 9.71. The molecule has 2 aromatic carbocycles. The molecule has 0 radical (unpaired) electrons. The number of aromatic amines is 1. The van der Waals surface area contributed by atoms with E-state index in [1.54, 1.807) is 19.2 Å². The molecule has 214 valence electrons. The number of benzene rings is 2. The summed E-state index contributed by atoms with van der Waals surface area (Å²) in [5.74, 6) is -0.116. The van der Waals surface area contributed by atoms with Gasteiger partial charge in [-0.05, 0) is 48.9 Å². The first-order chi connectivity index (χ1) is 20.4. The van der Waals surface area contributed by atoms with E-state index in [2.05, 4.69) is 31.7 Å². The van der Waals surface area contributed by atoms with E-state index in [4.69, 9.17) is 4.74 Å². The summed E-state index contributed by atoms with van der Waals surface area (Å²) in [7, 11) is 0. The van der Waals surface area contributed by atoms with Gasteiger partial charge in [0.2, 0.25) is 11.8 Å². The van der Waals surface area contributed by atoms with Crippen LogP contribution in [0, 0.1) is 0 Å². The molecular weight excluding hydrogens is 526 g/mol. The number of ether oxygens (including phenoxy) is 1. The lowest BCUT2D eigenvalue weighted by molar-refractivity contribution is -0.127. The van der Waals surface area contributed by atoms with Crippen molar-refractivity contribution in [3.05, 3.63) is 103 Å². The van der Waals surface area contributed by atoms with Gasteiger partial charge in [-0.1, -0.05) is 67.8 Å². The van der Waals surface area contributed by atoms with Crippen molar-refractivity contribution in [2.75, 3.05) is 6.54 Å². The summed E-state index contributed by atoms with van der Waals surface area (Å²) in [6.45, 7) is 2.18. The second-order valence-corrected chi connectivity index (χ2v) is 11.5. The fourth-order valence-corrected chi connectivity index (χ4v) is 6.18. The highest BCUT2D eigenvalue weighted by atomic mass is 16.6. The first-order valence-corrected chi connectivity index (χ1v) is 14.5. The highest BCUT2D eigenvalue weighted by Crippen LogP contribution is 2.38. The average molecular weight is 562 g/mol. The third-order valence-corrected chi connectivity index (χ3v) is 8.51. The minimum atomic E-state index is -1.31. The number of rotatable bonds is 8. The zero-order valence-corrected chi connectivity index (χ0v) is 23.7. The zero-order chi connectivity index (χ0) is 29.0. The molecule has 8 nitrogen and oxygen atoms in total. The van der Waals surface area contributed by atoms with Gasteiger partial charge < -0.3 is 20.4 Å². The van der Waals surface area contributed by atoms with Gasteiger partial charge in [0.05, 0.1) is 0 Å². The lowest BCUT2D eigenvalue weighted by Crippen LogP contribution is -2.60. The van der Waals surface area contributed by atoms with Crippen LogP contribution in [0.15, 0.2) is 91.4 Å². The molecule has 5 aromatic rings. The summed E-state index contributed by atoms with van der Waals surface area (Å²) in [4.78, 5) is 39.6. The number of amides is 2. The molecule has 6 rings (SSSR count).